The predicted molar refractivity (Wildman–Crippen MR) is 105 cm³/mol. The molecule has 1 fully saturated rings. The molecule has 1 unspecified atom stereocenters. The van der Waals surface area contributed by atoms with Gasteiger partial charge in [-0.05, 0) is 36.5 Å². The van der Waals surface area contributed by atoms with Gasteiger partial charge in [-0.3, -0.25) is 4.90 Å². The summed E-state index contributed by atoms with van der Waals surface area (Å²) in [7, 11) is 0. The average Bonchev–Trinajstić information content (AvgIpc) is 3.16. The first-order valence-electron chi connectivity index (χ1n) is 13.8. The summed E-state index contributed by atoms with van der Waals surface area (Å²) in [5.74, 6) is -1.97. The SMILES string of the molecule is [2H]c1cc(C([2H])N2C([2H])([2H])C([2H])([2H])C([2H])(N([2H])c3ncnc4sc(Cl)c([2H])c34)C([2H])([2H])C2([2H])[2H])cc(C#N)c1F. The number of anilines is 1. The number of thiophene rings is 1. The van der Waals surface area contributed by atoms with Gasteiger partial charge >= 0.3 is 0 Å². The van der Waals surface area contributed by atoms with Crippen molar-refractivity contribution in [2.45, 2.75) is 25.3 Å². The molecule has 1 saturated heterocycles. The minimum atomic E-state index is -3.84. The molecule has 0 saturated carbocycles. The Morgan fingerprint density at radius 2 is 2.41 bits per heavy atom. The Labute approximate surface area is 183 Å². The first-order valence-corrected chi connectivity index (χ1v) is 8.51. The van der Waals surface area contributed by atoms with Gasteiger partial charge < -0.3 is 5.31 Å². The summed E-state index contributed by atoms with van der Waals surface area (Å²) >= 11 is 6.77. The average molecular weight is 415 g/mol. The van der Waals surface area contributed by atoms with Crippen LogP contribution >= 0.6 is 22.9 Å². The molecule has 0 bridgehead atoms. The third-order valence-electron chi connectivity index (χ3n) is 3.32. The molecule has 1 atom stereocenters. The van der Waals surface area contributed by atoms with Gasteiger partial charge in [-0.15, -0.1) is 11.3 Å². The molecule has 3 aromatic rings. The second-order valence-corrected chi connectivity index (χ2v) is 6.68. The molecule has 5 nitrogen and oxygen atoms in total. The standard InChI is InChI=1S/C19H17ClFN5S/c20-17-8-15-18(23-11-24-19(15)27-17)25-14-3-5-26(6-4-14)10-12-1-2-16(21)13(7-12)9-22/h1-2,7-8,11,14H,3-6,10H2,(H,23,24,25)/i2D,3D2,4D2,5D2,6D2,8D,10D,14D/hD. The van der Waals surface area contributed by atoms with Crippen LogP contribution in [-0.2, 0) is 6.52 Å². The number of benzene rings is 1. The van der Waals surface area contributed by atoms with E-state index in [1.54, 1.807) is 0 Å². The first kappa shape index (κ1) is 8.39. The van der Waals surface area contributed by atoms with Crippen LogP contribution in [0.4, 0.5) is 10.2 Å². The highest BCUT2D eigenvalue weighted by atomic mass is 35.5. The molecular formula is C19H17ClFN5S. The molecule has 27 heavy (non-hydrogen) atoms. The van der Waals surface area contributed by atoms with Crippen LogP contribution < -0.4 is 5.31 Å². The van der Waals surface area contributed by atoms with E-state index >= 15 is 0 Å². The van der Waals surface area contributed by atoms with E-state index in [4.69, 9.17) is 34.7 Å². The molecule has 1 aliphatic heterocycles. The zero-order valence-electron chi connectivity index (χ0n) is 26.2. The third-order valence-corrected chi connectivity index (χ3v) is 4.43. The van der Waals surface area contributed by atoms with Crippen molar-refractivity contribution in [1.29, 1.82) is 5.26 Å². The molecule has 3 heterocycles. The van der Waals surface area contributed by atoms with Crippen molar-refractivity contribution >= 4 is 39.0 Å². The summed E-state index contributed by atoms with van der Waals surface area (Å²) in [4.78, 5) is 7.55. The lowest BCUT2D eigenvalue weighted by atomic mass is 10.0. The van der Waals surface area contributed by atoms with Crippen LogP contribution in [-0.4, -0.2) is 33.9 Å². The molecule has 2 aromatic heterocycles. The molecule has 8 heteroatoms. The summed E-state index contributed by atoms with van der Waals surface area (Å²) in [5.41, 5.74) is -1.25. The molecule has 1 aromatic carbocycles. The Hall–Kier alpha value is -2.27. The quantitative estimate of drug-likeness (QED) is 0.684. The van der Waals surface area contributed by atoms with E-state index in [1.165, 1.54) is 6.07 Å². The lowest BCUT2D eigenvalue weighted by Gasteiger charge is -2.32. The van der Waals surface area contributed by atoms with Crippen molar-refractivity contribution < 1.29 is 22.3 Å². The fourth-order valence-electron chi connectivity index (χ4n) is 2.15. The Kier molecular flexibility index (Phi) is 2.41. The second kappa shape index (κ2) is 7.77. The third kappa shape index (κ3) is 4.03. The van der Waals surface area contributed by atoms with E-state index in [1.807, 2.05) is 0 Å². The Bertz CT molecular complexity index is 1530. The number of nitrogens with one attached hydrogen (secondary N) is 1. The molecule has 0 amide bonds. The number of hydrogen-bond donors (Lipinski definition) is 1. The van der Waals surface area contributed by atoms with E-state index in [2.05, 4.69) is 9.97 Å². The lowest BCUT2D eigenvalue weighted by molar-refractivity contribution is 0.211. The molecule has 0 radical (unpaired) electrons. The lowest BCUT2D eigenvalue weighted by Crippen LogP contribution is -2.38. The number of rotatable bonds is 4. The summed E-state index contributed by atoms with van der Waals surface area (Å²) in [6.45, 7) is -9.82. The van der Waals surface area contributed by atoms with Crippen molar-refractivity contribution in [2.24, 2.45) is 0 Å². The van der Waals surface area contributed by atoms with Crippen molar-refractivity contribution in [3.63, 3.8) is 0 Å². The number of nitriles is 1. The molecule has 138 valence electrons. The van der Waals surface area contributed by atoms with E-state index in [0.29, 0.717) is 6.07 Å². The highest BCUT2D eigenvalue weighted by molar-refractivity contribution is 7.22. The molecule has 0 aliphatic carbocycles. The molecule has 1 N–H and O–H groups in total. The van der Waals surface area contributed by atoms with Crippen molar-refractivity contribution in [2.75, 3.05) is 18.3 Å². The van der Waals surface area contributed by atoms with Gasteiger partial charge in [-0.25, -0.2) is 14.4 Å². The zero-order chi connectivity index (χ0) is 30.4. The number of likely N-dealkylation sites (tertiary alicyclic amines) is 1. The monoisotopic (exact) mass is 414 g/mol. The molecular weight excluding hydrogens is 385 g/mol. The maximum absolute atomic E-state index is 14.1. The number of nitrogens with zero attached hydrogens (tertiary/aromatic N) is 4. The van der Waals surface area contributed by atoms with Gasteiger partial charge in [0, 0.05) is 37.9 Å². The van der Waals surface area contributed by atoms with Crippen molar-refractivity contribution in [1.82, 2.24) is 14.9 Å². The normalized spacial score (nSPS) is 32.6. The van der Waals surface area contributed by atoms with Crippen LogP contribution in [0, 0.1) is 17.1 Å². The fourth-order valence-corrected chi connectivity index (χ4v) is 3.13. The number of piperidine rings is 1. The van der Waals surface area contributed by atoms with Crippen molar-refractivity contribution in [3.05, 3.63) is 51.8 Å². The maximum Gasteiger partial charge on any atom is 0.162 e. The summed E-state index contributed by atoms with van der Waals surface area (Å²) < 4.78 is 125. The van der Waals surface area contributed by atoms with E-state index < -0.39 is 73.1 Å². The van der Waals surface area contributed by atoms with E-state index in [0.717, 1.165) is 23.7 Å². The summed E-state index contributed by atoms with van der Waals surface area (Å²) in [6.07, 6.45) is -6.80. The Morgan fingerprint density at radius 3 is 3.19 bits per heavy atom. The van der Waals surface area contributed by atoms with Crippen LogP contribution in [0.3, 0.4) is 0 Å². The minimum absolute atomic E-state index is 0.0208. The van der Waals surface area contributed by atoms with Gasteiger partial charge in [0.25, 0.3) is 0 Å². The van der Waals surface area contributed by atoms with E-state index in [9.17, 15) is 4.39 Å². The van der Waals surface area contributed by atoms with Gasteiger partial charge in [0.05, 0.1) is 19.4 Å². The summed E-state index contributed by atoms with van der Waals surface area (Å²) in [6, 6.07) is -2.22. The number of halogens is 2. The van der Waals surface area contributed by atoms with Gasteiger partial charge in [-0.1, -0.05) is 17.7 Å². The Morgan fingerprint density at radius 1 is 1.59 bits per heavy atom. The number of aromatic nitrogens is 2. The van der Waals surface area contributed by atoms with Crippen LogP contribution in [0.15, 0.2) is 30.5 Å². The van der Waals surface area contributed by atoms with Gasteiger partial charge in [0.15, 0.2) is 1.41 Å². The van der Waals surface area contributed by atoms with E-state index in [-0.39, 0.29) is 24.8 Å². The highest BCUT2D eigenvalue weighted by Crippen LogP contribution is 2.32. The van der Waals surface area contributed by atoms with Gasteiger partial charge in [0.1, 0.15) is 28.9 Å². The number of hydrogen-bond acceptors (Lipinski definition) is 6. The largest absolute Gasteiger partial charge is 0.367 e. The minimum Gasteiger partial charge on any atom is -0.367 e. The zero-order valence-corrected chi connectivity index (χ0v) is 14.8. The predicted octanol–water partition coefficient (Wildman–Crippen LogP) is 4.43. The first-order chi connectivity index (χ1) is 18.2. The van der Waals surface area contributed by atoms with Crippen LogP contribution in [0.1, 0.15) is 40.3 Å². The maximum atomic E-state index is 14.1. The van der Waals surface area contributed by atoms with Crippen LogP contribution in [0.5, 0.6) is 0 Å². The summed E-state index contributed by atoms with van der Waals surface area (Å²) in [5, 5.41) is 8.74. The topological polar surface area (TPSA) is 64.8 Å². The van der Waals surface area contributed by atoms with Crippen molar-refractivity contribution in [3.8, 4) is 6.07 Å². The van der Waals surface area contributed by atoms with Gasteiger partial charge in [-0.2, -0.15) is 5.26 Å². The van der Waals surface area contributed by atoms with Gasteiger partial charge in [0.2, 0.25) is 0 Å². The fraction of sp³-hybridized carbons (Fsp3) is 0.316. The van der Waals surface area contributed by atoms with Crippen LogP contribution in [0.2, 0.25) is 5.75 Å². The molecule has 1 aliphatic rings. The molecule has 4 rings (SSSR count). The Balaban J connectivity index is 1.96. The van der Waals surface area contributed by atoms with Crippen LogP contribution in [0.25, 0.3) is 10.2 Å². The highest BCUT2D eigenvalue weighted by Gasteiger charge is 2.21. The smallest absolute Gasteiger partial charge is 0.162 e. The number of fused-ring (bicyclic) bond motifs is 1. The molecule has 0 spiro atoms. The second-order valence-electron chi connectivity index (χ2n) is 5.08.